The number of hydrogen-bond acceptors (Lipinski definition) is 5. The van der Waals surface area contributed by atoms with E-state index >= 15 is 0 Å². The quantitative estimate of drug-likeness (QED) is 0.682. The lowest BCUT2D eigenvalue weighted by atomic mass is 10.3. The highest BCUT2D eigenvalue weighted by Gasteiger charge is 2.39. The van der Waals surface area contributed by atoms with Crippen LogP contribution in [0.25, 0.3) is 0 Å². The van der Waals surface area contributed by atoms with Gasteiger partial charge in [0, 0.05) is 18.3 Å². The molecule has 116 valence electrons. The van der Waals surface area contributed by atoms with Crippen LogP contribution in [0.4, 0.5) is 18.3 Å². The Kier molecular flexibility index (Phi) is 5.64. The molecular weight excluding hydrogens is 315 g/mol. The molecular formula is C10H10F3N3O4S. The third-order valence-electron chi connectivity index (χ3n) is 2.07. The van der Waals surface area contributed by atoms with Gasteiger partial charge in [-0.05, 0) is 6.42 Å². The zero-order valence-electron chi connectivity index (χ0n) is 10.4. The van der Waals surface area contributed by atoms with Crippen LogP contribution < -0.4 is 10.6 Å². The Hall–Kier alpha value is -2.17. The zero-order chi connectivity index (χ0) is 16.0. The number of nitrogens with zero attached hydrogens (tertiary/aromatic N) is 1. The number of alkyl halides is 3. The minimum atomic E-state index is -5.04. The second-order valence-electron chi connectivity index (χ2n) is 3.74. The Balaban J connectivity index is 2.49. The van der Waals surface area contributed by atoms with E-state index in [1.165, 1.54) is 10.7 Å². The normalized spacial score (nSPS) is 11.0. The summed E-state index contributed by atoms with van der Waals surface area (Å²) in [6.45, 7) is 0.0902. The predicted molar refractivity (Wildman–Crippen MR) is 66.0 cm³/mol. The standard InChI is InChI=1S/C10H10F3N3O4S/c11-10(12,13)8(20)16-9-15-5(4-21-9)7(19)14-3-1-2-6(17)18/h4H,1-3H2,(H,14,19)(H,17,18)(H,15,16,20). The van der Waals surface area contributed by atoms with E-state index in [4.69, 9.17) is 5.11 Å². The van der Waals surface area contributed by atoms with Crippen LogP contribution in [0.2, 0.25) is 0 Å². The molecule has 0 aliphatic heterocycles. The number of amides is 2. The van der Waals surface area contributed by atoms with Crippen LogP contribution in [0, 0.1) is 0 Å². The summed E-state index contributed by atoms with van der Waals surface area (Å²) in [5.74, 6) is -3.84. The molecule has 0 atom stereocenters. The molecule has 2 amide bonds. The summed E-state index contributed by atoms with van der Waals surface area (Å²) in [5.41, 5.74) is -0.159. The van der Waals surface area contributed by atoms with Gasteiger partial charge in [-0.15, -0.1) is 11.3 Å². The first-order valence-corrected chi connectivity index (χ1v) is 6.42. The molecule has 0 fully saturated rings. The Morgan fingerprint density at radius 3 is 2.57 bits per heavy atom. The molecule has 0 radical (unpaired) electrons. The van der Waals surface area contributed by atoms with Crippen LogP contribution in [0.1, 0.15) is 23.3 Å². The molecule has 0 bridgehead atoms. The smallest absolute Gasteiger partial charge is 0.471 e. The molecule has 11 heteroatoms. The highest BCUT2D eigenvalue weighted by Crippen LogP contribution is 2.20. The summed E-state index contributed by atoms with van der Waals surface area (Å²) >= 11 is 0.668. The second-order valence-corrected chi connectivity index (χ2v) is 4.60. The second kappa shape index (κ2) is 7.02. The first kappa shape index (κ1) is 16.9. The van der Waals surface area contributed by atoms with Gasteiger partial charge in [0.15, 0.2) is 5.13 Å². The van der Waals surface area contributed by atoms with Gasteiger partial charge in [-0.3, -0.25) is 19.7 Å². The lowest BCUT2D eigenvalue weighted by Crippen LogP contribution is -2.30. The first-order chi connectivity index (χ1) is 9.70. The first-order valence-electron chi connectivity index (χ1n) is 5.54. The SMILES string of the molecule is O=C(O)CCCNC(=O)c1csc(NC(=O)C(F)(F)F)n1. The zero-order valence-corrected chi connectivity index (χ0v) is 11.2. The van der Waals surface area contributed by atoms with Crippen molar-refractivity contribution in [3.8, 4) is 0 Å². The van der Waals surface area contributed by atoms with Crippen molar-refractivity contribution in [1.29, 1.82) is 0 Å². The number of halogens is 3. The van der Waals surface area contributed by atoms with Crippen molar-refractivity contribution in [2.75, 3.05) is 11.9 Å². The van der Waals surface area contributed by atoms with Crippen molar-refractivity contribution >= 4 is 34.3 Å². The molecule has 0 aliphatic carbocycles. The van der Waals surface area contributed by atoms with E-state index in [1.807, 2.05) is 0 Å². The van der Waals surface area contributed by atoms with Crippen molar-refractivity contribution < 1.29 is 32.7 Å². The van der Waals surface area contributed by atoms with Crippen LogP contribution in [0.3, 0.4) is 0 Å². The van der Waals surface area contributed by atoms with E-state index < -0.39 is 24.0 Å². The van der Waals surface area contributed by atoms with Crippen LogP contribution in [-0.4, -0.2) is 40.6 Å². The summed E-state index contributed by atoms with van der Waals surface area (Å²) in [7, 11) is 0. The van der Waals surface area contributed by atoms with Crippen LogP contribution in [-0.2, 0) is 9.59 Å². The van der Waals surface area contributed by atoms with Gasteiger partial charge in [0.2, 0.25) is 0 Å². The summed E-state index contributed by atoms with van der Waals surface area (Å²) in [6, 6.07) is 0. The molecule has 0 aromatic carbocycles. The number of carboxylic acids is 1. The number of rotatable bonds is 6. The fourth-order valence-corrected chi connectivity index (χ4v) is 1.82. The Bertz CT molecular complexity index is 544. The highest BCUT2D eigenvalue weighted by atomic mass is 32.1. The van der Waals surface area contributed by atoms with Gasteiger partial charge in [-0.1, -0.05) is 0 Å². The maximum absolute atomic E-state index is 12.0. The van der Waals surface area contributed by atoms with E-state index in [0.717, 1.165) is 0 Å². The van der Waals surface area contributed by atoms with Crippen molar-refractivity contribution in [2.24, 2.45) is 0 Å². The summed E-state index contributed by atoms with van der Waals surface area (Å²) in [5, 5.41) is 13.1. The van der Waals surface area contributed by atoms with Crippen LogP contribution >= 0.6 is 11.3 Å². The number of carboxylic acid groups (broad SMARTS) is 1. The largest absolute Gasteiger partial charge is 0.481 e. The molecule has 3 N–H and O–H groups in total. The third-order valence-corrected chi connectivity index (χ3v) is 2.83. The molecule has 0 saturated carbocycles. The average molecular weight is 325 g/mol. The molecule has 1 aromatic rings. The minimum absolute atomic E-state index is 0.0902. The van der Waals surface area contributed by atoms with Crippen LogP contribution in [0.15, 0.2) is 5.38 Å². The van der Waals surface area contributed by atoms with Crippen LogP contribution in [0.5, 0.6) is 0 Å². The van der Waals surface area contributed by atoms with Gasteiger partial charge >= 0.3 is 18.1 Å². The van der Waals surface area contributed by atoms with Gasteiger partial charge < -0.3 is 10.4 Å². The molecule has 0 spiro atoms. The summed E-state index contributed by atoms with van der Waals surface area (Å²) < 4.78 is 36.0. The molecule has 1 heterocycles. The highest BCUT2D eigenvalue weighted by molar-refractivity contribution is 7.14. The van der Waals surface area contributed by atoms with Gasteiger partial charge in [0.05, 0.1) is 0 Å². The number of hydrogen-bond donors (Lipinski definition) is 3. The van der Waals surface area contributed by atoms with E-state index in [1.54, 1.807) is 0 Å². The number of aliphatic carboxylic acids is 1. The molecule has 0 aliphatic rings. The summed E-state index contributed by atoms with van der Waals surface area (Å²) in [6.07, 6.45) is -4.95. The molecule has 1 rings (SSSR count). The number of carbonyl (C=O) groups is 3. The summed E-state index contributed by atoms with van der Waals surface area (Å²) in [4.78, 5) is 36.0. The molecule has 1 aromatic heterocycles. The van der Waals surface area contributed by atoms with E-state index in [0.29, 0.717) is 11.3 Å². The maximum atomic E-state index is 12.0. The number of anilines is 1. The van der Waals surface area contributed by atoms with Gasteiger partial charge in [-0.25, -0.2) is 4.98 Å². The Labute approximate surface area is 120 Å². The molecule has 0 saturated heterocycles. The van der Waals surface area contributed by atoms with Gasteiger partial charge in [0.1, 0.15) is 5.69 Å². The minimum Gasteiger partial charge on any atom is -0.481 e. The number of thiazole rings is 1. The Morgan fingerprint density at radius 1 is 1.33 bits per heavy atom. The predicted octanol–water partition coefficient (Wildman–Crippen LogP) is 1.24. The number of nitrogens with one attached hydrogen (secondary N) is 2. The fraction of sp³-hybridized carbons (Fsp3) is 0.400. The van der Waals surface area contributed by atoms with Crippen molar-refractivity contribution in [3.05, 3.63) is 11.1 Å². The number of aromatic nitrogens is 1. The van der Waals surface area contributed by atoms with Crippen molar-refractivity contribution in [1.82, 2.24) is 10.3 Å². The average Bonchev–Trinajstić information content (AvgIpc) is 2.81. The van der Waals surface area contributed by atoms with E-state index in [2.05, 4.69) is 10.3 Å². The van der Waals surface area contributed by atoms with Gasteiger partial charge in [0.25, 0.3) is 5.91 Å². The monoisotopic (exact) mass is 325 g/mol. The van der Waals surface area contributed by atoms with Gasteiger partial charge in [-0.2, -0.15) is 13.2 Å². The van der Waals surface area contributed by atoms with E-state index in [-0.39, 0.29) is 30.2 Å². The molecule has 0 unspecified atom stereocenters. The molecule has 7 nitrogen and oxygen atoms in total. The lowest BCUT2D eigenvalue weighted by Gasteiger charge is -2.04. The Morgan fingerprint density at radius 2 is 2.00 bits per heavy atom. The molecule has 21 heavy (non-hydrogen) atoms. The van der Waals surface area contributed by atoms with Crippen molar-refractivity contribution in [2.45, 2.75) is 19.0 Å². The lowest BCUT2D eigenvalue weighted by molar-refractivity contribution is -0.167. The number of carbonyl (C=O) groups excluding carboxylic acids is 2. The third kappa shape index (κ3) is 5.77. The fourth-order valence-electron chi connectivity index (χ4n) is 1.14. The van der Waals surface area contributed by atoms with E-state index in [9.17, 15) is 27.6 Å². The van der Waals surface area contributed by atoms with Crippen molar-refractivity contribution in [3.63, 3.8) is 0 Å². The topological polar surface area (TPSA) is 108 Å². The maximum Gasteiger partial charge on any atom is 0.471 e.